The minimum atomic E-state index is -1.11. The van der Waals surface area contributed by atoms with Crippen LogP contribution in [0.1, 0.15) is 16.1 Å². The van der Waals surface area contributed by atoms with Gasteiger partial charge in [0.1, 0.15) is 5.69 Å². The van der Waals surface area contributed by atoms with Crippen molar-refractivity contribution in [1.82, 2.24) is 4.98 Å². The van der Waals surface area contributed by atoms with Crippen molar-refractivity contribution in [2.75, 3.05) is 5.32 Å². The summed E-state index contributed by atoms with van der Waals surface area (Å²) in [6.45, 7) is 0. The summed E-state index contributed by atoms with van der Waals surface area (Å²) in [5, 5.41) is 13.5. The van der Waals surface area contributed by atoms with Crippen LogP contribution in [0.15, 0.2) is 42.5 Å². The second kappa shape index (κ2) is 6.55. The van der Waals surface area contributed by atoms with Crippen LogP contribution in [-0.2, 0) is 11.2 Å². The zero-order valence-corrected chi connectivity index (χ0v) is 13.8. The molecule has 24 heavy (non-hydrogen) atoms. The number of rotatable bonds is 4. The van der Waals surface area contributed by atoms with E-state index in [0.717, 1.165) is 0 Å². The van der Waals surface area contributed by atoms with Gasteiger partial charge in [-0.1, -0.05) is 41.4 Å². The summed E-state index contributed by atoms with van der Waals surface area (Å²) in [6, 6.07) is 11.8. The maximum absolute atomic E-state index is 12.3. The van der Waals surface area contributed by atoms with Crippen LogP contribution in [0.4, 0.5) is 5.69 Å². The third-order valence-electron chi connectivity index (χ3n) is 3.51. The Morgan fingerprint density at radius 1 is 1.08 bits per heavy atom. The predicted octanol–water partition coefficient (Wildman–Crippen LogP) is 4.35. The maximum atomic E-state index is 12.3. The lowest BCUT2D eigenvalue weighted by Gasteiger charge is -2.07. The third-order valence-corrected chi connectivity index (χ3v) is 3.95. The minimum absolute atomic E-state index is 0.00970. The van der Waals surface area contributed by atoms with E-state index < -0.39 is 5.97 Å². The van der Waals surface area contributed by atoms with Crippen LogP contribution in [0.5, 0.6) is 0 Å². The first-order valence-electron chi connectivity index (χ1n) is 7.03. The number of anilines is 1. The Hall–Kier alpha value is -2.50. The Labute approximate surface area is 147 Å². The van der Waals surface area contributed by atoms with E-state index in [1.54, 1.807) is 42.5 Å². The Morgan fingerprint density at radius 3 is 2.42 bits per heavy atom. The van der Waals surface area contributed by atoms with E-state index >= 15 is 0 Å². The quantitative estimate of drug-likeness (QED) is 0.644. The van der Waals surface area contributed by atoms with Gasteiger partial charge >= 0.3 is 5.97 Å². The average Bonchev–Trinajstić information content (AvgIpc) is 2.85. The molecular formula is C17H12Cl2N2O3. The highest BCUT2D eigenvalue weighted by Gasteiger charge is 2.19. The number of hydrogen-bond acceptors (Lipinski definition) is 2. The number of nitrogens with one attached hydrogen (secondary N) is 2. The summed E-state index contributed by atoms with van der Waals surface area (Å²) in [6.07, 6.45) is -0.0875. The van der Waals surface area contributed by atoms with E-state index in [0.29, 0.717) is 32.2 Å². The van der Waals surface area contributed by atoms with Gasteiger partial charge in [-0.3, -0.25) is 4.79 Å². The number of benzene rings is 2. The molecule has 0 aliphatic rings. The smallest absolute Gasteiger partial charge is 0.352 e. The van der Waals surface area contributed by atoms with Gasteiger partial charge in [0.25, 0.3) is 0 Å². The molecule has 0 unspecified atom stereocenters. The van der Waals surface area contributed by atoms with Crippen LogP contribution in [0.25, 0.3) is 10.9 Å². The van der Waals surface area contributed by atoms with Gasteiger partial charge in [-0.05, 0) is 24.3 Å². The van der Waals surface area contributed by atoms with Crippen LogP contribution >= 0.6 is 23.2 Å². The number of halogens is 2. The zero-order chi connectivity index (χ0) is 17.3. The van der Waals surface area contributed by atoms with E-state index in [2.05, 4.69) is 10.3 Å². The molecule has 0 atom stereocenters. The fraction of sp³-hybridized carbons (Fsp3) is 0.0588. The lowest BCUT2D eigenvalue weighted by molar-refractivity contribution is -0.115. The van der Waals surface area contributed by atoms with Crippen molar-refractivity contribution in [3.05, 3.63) is 63.8 Å². The number of fused-ring (bicyclic) bond motifs is 1. The van der Waals surface area contributed by atoms with Gasteiger partial charge in [0.2, 0.25) is 5.91 Å². The molecule has 3 aromatic rings. The number of carbonyl (C=O) groups excluding carboxylic acids is 1. The second-order valence-corrected chi connectivity index (χ2v) is 6.09. The molecule has 7 heteroatoms. The SMILES string of the molecule is O=C(Cc1c(C(=O)O)[nH]c2ccccc12)Nc1cc(Cl)cc(Cl)c1. The highest BCUT2D eigenvalue weighted by Crippen LogP contribution is 2.25. The van der Waals surface area contributed by atoms with Gasteiger partial charge in [-0.15, -0.1) is 0 Å². The molecule has 1 amide bonds. The Kier molecular flexibility index (Phi) is 4.46. The summed E-state index contributed by atoms with van der Waals surface area (Å²) in [4.78, 5) is 26.6. The molecule has 0 saturated heterocycles. The largest absolute Gasteiger partial charge is 0.477 e. The molecule has 0 bridgehead atoms. The Balaban J connectivity index is 1.90. The van der Waals surface area contributed by atoms with Gasteiger partial charge in [0.15, 0.2) is 0 Å². The summed E-state index contributed by atoms with van der Waals surface area (Å²) in [7, 11) is 0. The molecule has 122 valence electrons. The summed E-state index contributed by atoms with van der Waals surface area (Å²) in [5.41, 5.74) is 1.57. The number of aromatic carboxylic acids is 1. The molecule has 1 aromatic heterocycles. The van der Waals surface area contributed by atoms with Crippen LogP contribution in [0, 0.1) is 0 Å². The minimum Gasteiger partial charge on any atom is -0.477 e. The van der Waals surface area contributed by atoms with Crippen molar-refractivity contribution in [3.8, 4) is 0 Å². The van der Waals surface area contributed by atoms with Gasteiger partial charge in [-0.25, -0.2) is 4.79 Å². The molecule has 0 fully saturated rings. The molecule has 0 radical (unpaired) electrons. The number of carboxylic acid groups (broad SMARTS) is 1. The summed E-state index contributed by atoms with van der Waals surface area (Å²) in [5.74, 6) is -1.47. The first-order chi connectivity index (χ1) is 11.4. The Morgan fingerprint density at radius 2 is 1.75 bits per heavy atom. The fourth-order valence-corrected chi connectivity index (χ4v) is 3.08. The summed E-state index contributed by atoms with van der Waals surface area (Å²) < 4.78 is 0. The van der Waals surface area contributed by atoms with Gasteiger partial charge in [0, 0.05) is 32.2 Å². The number of H-pyrrole nitrogens is 1. The molecular weight excluding hydrogens is 351 g/mol. The maximum Gasteiger partial charge on any atom is 0.352 e. The monoisotopic (exact) mass is 362 g/mol. The molecule has 3 rings (SSSR count). The van der Waals surface area contributed by atoms with E-state index in [1.165, 1.54) is 0 Å². The first kappa shape index (κ1) is 16.4. The van der Waals surface area contributed by atoms with E-state index in [1.807, 2.05) is 0 Å². The topological polar surface area (TPSA) is 82.2 Å². The van der Waals surface area contributed by atoms with Gasteiger partial charge in [-0.2, -0.15) is 0 Å². The van der Waals surface area contributed by atoms with E-state index in [4.69, 9.17) is 23.2 Å². The number of aromatic amines is 1. The van der Waals surface area contributed by atoms with E-state index in [-0.39, 0.29) is 18.0 Å². The standard InChI is InChI=1S/C17H12Cl2N2O3/c18-9-5-10(19)7-11(6-9)20-15(22)8-13-12-3-1-2-4-14(12)21-16(13)17(23)24/h1-7,21H,8H2,(H,20,22)(H,23,24). The number of para-hydroxylation sites is 1. The molecule has 0 aliphatic carbocycles. The van der Waals surface area contributed by atoms with Crippen LogP contribution in [0.3, 0.4) is 0 Å². The first-order valence-corrected chi connectivity index (χ1v) is 7.78. The lowest BCUT2D eigenvalue weighted by Crippen LogP contribution is -2.16. The van der Waals surface area contributed by atoms with Crippen molar-refractivity contribution in [3.63, 3.8) is 0 Å². The molecule has 0 aliphatic heterocycles. The van der Waals surface area contributed by atoms with Crippen LogP contribution in [-0.4, -0.2) is 22.0 Å². The highest BCUT2D eigenvalue weighted by atomic mass is 35.5. The van der Waals surface area contributed by atoms with Crippen molar-refractivity contribution in [2.24, 2.45) is 0 Å². The summed E-state index contributed by atoms with van der Waals surface area (Å²) >= 11 is 11.8. The van der Waals surface area contributed by atoms with Crippen molar-refractivity contribution < 1.29 is 14.7 Å². The fourth-order valence-electron chi connectivity index (χ4n) is 2.56. The molecule has 3 N–H and O–H groups in total. The number of carboxylic acids is 1. The lowest BCUT2D eigenvalue weighted by atomic mass is 10.1. The average molecular weight is 363 g/mol. The molecule has 0 saturated carbocycles. The number of hydrogen-bond donors (Lipinski definition) is 3. The van der Waals surface area contributed by atoms with Crippen molar-refractivity contribution >= 4 is 51.7 Å². The molecule has 0 spiro atoms. The zero-order valence-electron chi connectivity index (χ0n) is 12.3. The number of amides is 1. The third kappa shape index (κ3) is 3.37. The predicted molar refractivity (Wildman–Crippen MR) is 94.1 cm³/mol. The van der Waals surface area contributed by atoms with Crippen LogP contribution < -0.4 is 5.32 Å². The second-order valence-electron chi connectivity index (χ2n) is 5.21. The molecule has 5 nitrogen and oxygen atoms in total. The molecule has 2 aromatic carbocycles. The Bertz CT molecular complexity index is 930. The van der Waals surface area contributed by atoms with E-state index in [9.17, 15) is 14.7 Å². The van der Waals surface area contributed by atoms with Gasteiger partial charge < -0.3 is 15.4 Å². The number of aromatic nitrogens is 1. The van der Waals surface area contributed by atoms with Crippen molar-refractivity contribution in [2.45, 2.75) is 6.42 Å². The normalized spacial score (nSPS) is 10.8. The van der Waals surface area contributed by atoms with Crippen LogP contribution in [0.2, 0.25) is 10.0 Å². The van der Waals surface area contributed by atoms with Gasteiger partial charge in [0.05, 0.1) is 6.42 Å². The number of carbonyl (C=O) groups is 2. The highest BCUT2D eigenvalue weighted by molar-refractivity contribution is 6.35. The molecule has 1 heterocycles. The van der Waals surface area contributed by atoms with Crippen molar-refractivity contribution in [1.29, 1.82) is 0 Å².